The van der Waals surface area contributed by atoms with Gasteiger partial charge in [0, 0.05) is 0 Å². The summed E-state index contributed by atoms with van der Waals surface area (Å²) in [7, 11) is 1.70. The van der Waals surface area contributed by atoms with Crippen molar-refractivity contribution < 1.29 is 4.74 Å². The first kappa shape index (κ1) is 12.0. The van der Waals surface area contributed by atoms with Crippen molar-refractivity contribution >= 4 is 17.2 Å². The SMILES string of the molecule is COc1ccc(C)cc1CCCC(N)=S. The molecule has 0 aromatic heterocycles. The molecule has 2 nitrogen and oxygen atoms in total. The van der Waals surface area contributed by atoms with E-state index in [0.717, 1.165) is 25.0 Å². The predicted octanol–water partition coefficient (Wildman–Crippen LogP) is 2.61. The highest BCUT2D eigenvalue weighted by Gasteiger charge is 2.03. The summed E-state index contributed by atoms with van der Waals surface area (Å²) in [5, 5.41) is 0. The molecule has 0 heterocycles. The van der Waals surface area contributed by atoms with Gasteiger partial charge in [-0.3, -0.25) is 0 Å². The number of benzene rings is 1. The van der Waals surface area contributed by atoms with E-state index in [2.05, 4.69) is 19.1 Å². The van der Waals surface area contributed by atoms with Gasteiger partial charge < -0.3 is 10.5 Å². The molecule has 0 spiro atoms. The smallest absolute Gasteiger partial charge is 0.122 e. The van der Waals surface area contributed by atoms with Crippen LogP contribution in [0.5, 0.6) is 5.75 Å². The molecule has 0 unspecified atom stereocenters. The van der Waals surface area contributed by atoms with Crippen molar-refractivity contribution in [2.45, 2.75) is 26.2 Å². The zero-order valence-corrected chi connectivity index (χ0v) is 10.1. The molecule has 0 amide bonds. The van der Waals surface area contributed by atoms with E-state index in [0.29, 0.717) is 4.99 Å². The van der Waals surface area contributed by atoms with Gasteiger partial charge in [0.25, 0.3) is 0 Å². The first-order valence-corrected chi connectivity index (χ1v) is 5.46. The van der Waals surface area contributed by atoms with Gasteiger partial charge in [-0.25, -0.2) is 0 Å². The summed E-state index contributed by atoms with van der Waals surface area (Å²) in [5.41, 5.74) is 7.94. The Morgan fingerprint density at radius 2 is 2.20 bits per heavy atom. The largest absolute Gasteiger partial charge is 0.496 e. The Kier molecular flexibility index (Phi) is 4.56. The minimum absolute atomic E-state index is 0.585. The molecule has 1 rings (SSSR count). The topological polar surface area (TPSA) is 35.2 Å². The van der Waals surface area contributed by atoms with Crippen LogP contribution >= 0.6 is 12.2 Å². The Balaban J connectivity index is 2.65. The predicted molar refractivity (Wildman–Crippen MR) is 67.5 cm³/mol. The molecular formula is C12H17NOS. The van der Waals surface area contributed by atoms with Crippen LogP contribution in [0.4, 0.5) is 0 Å². The third kappa shape index (κ3) is 3.88. The molecule has 2 N–H and O–H groups in total. The summed E-state index contributed by atoms with van der Waals surface area (Å²) >= 11 is 4.84. The molecule has 82 valence electrons. The lowest BCUT2D eigenvalue weighted by Gasteiger charge is -2.09. The van der Waals surface area contributed by atoms with Crippen LogP contribution in [0.1, 0.15) is 24.0 Å². The monoisotopic (exact) mass is 223 g/mol. The summed E-state index contributed by atoms with van der Waals surface area (Å²) in [6, 6.07) is 6.21. The maximum absolute atomic E-state index is 5.46. The molecule has 1 aromatic rings. The standard InChI is InChI=1S/C12H17NOS/c1-9-6-7-11(14-2)10(8-9)4-3-5-12(13)15/h6-8H,3-5H2,1-2H3,(H2,13,15). The molecule has 0 saturated heterocycles. The lowest BCUT2D eigenvalue weighted by molar-refractivity contribution is 0.409. The molecule has 1 aromatic carbocycles. The minimum Gasteiger partial charge on any atom is -0.496 e. The highest BCUT2D eigenvalue weighted by molar-refractivity contribution is 7.80. The van der Waals surface area contributed by atoms with E-state index in [4.69, 9.17) is 22.7 Å². The molecule has 0 aliphatic rings. The van der Waals surface area contributed by atoms with Gasteiger partial charge in [0.15, 0.2) is 0 Å². The lowest BCUT2D eigenvalue weighted by Crippen LogP contribution is -2.07. The highest BCUT2D eigenvalue weighted by Crippen LogP contribution is 2.21. The van der Waals surface area contributed by atoms with Gasteiger partial charge in [-0.2, -0.15) is 0 Å². The van der Waals surface area contributed by atoms with Crippen LogP contribution in [0.25, 0.3) is 0 Å². The molecule has 0 radical (unpaired) electrons. The van der Waals surface area contributed by atoms with Gasteiger partial charge >= 0.3 is 0 Å². The second kappa shape index (κ2) is 5.71. The Morgan fingerprint density at radius 3 is 2.80 bits per heavy atom. The first-order chi connectivity index (χ1) is 7.13. The molecule has 15 heavy (non-hydrogen) atoms. The number of rotatable bonds is 5. The van der Waals surface area contributed by atoms with Gasteiger partial charge in [-0.05, 0) is 37.8 Å². The number of methoxy groups -OCH3 is 1. The Morgan fingerprint density at radius 1 is 1.47 bits per heavy atom. The van der Waals surface area contributed by atoms with E-state index in [9.17, 15) is 0 Å². The van der Waals surface area contributed by atoms with Crippen LogP contribution in [-0.2, 0) is 6.42 Å². The van der Waals surface area contributed by atoms with Crippen LogP contribution in [0.3, 0.4) is 0 Å². The lowest BCUT2D eigenvalue weighted by atomic mass is 10.0. The number of thiocarbonyl (C=S) groups is 1. The molecule has 0 bridgehead atoms. The van der Waals surface area contributed by atoms with Crippen LogP contribution in [0.2, 0.25) is 0 Å². The Hall–Kier alpha value is -1.09. The van der Waals surface area contributed by atoms with Crippen molar-refractivity contribution in [1.29, 1.82) is 0 Å². The second-order valence-corrected chi connectivity index (χ2v) is 4.16. The average Bonchev–Trinajstić information content (AvgIpc) is 2.17. The molecule has 0 atom stereocenters. The van der Waals surface area contributed by atoms with E-state index in [1.54, 1.807) is 7.11 Å². The fourth-order valence-corrected chi connectivity index (χ4v) is 1.70. The van der Waals surface area contributed by atoms with Gasteiger partial charge in [0.05, 0.1) is 12.1 Å². The van der Waals surface area contributed by atoms with Crippen molar-refractivity contribution in [3.8, 4) is 5.75 Å². The molecular weight excluding hydrogens is 206 g/mol. The van der Waals surface area contributed by atoms with Crippen molar-refractivity contribution in [3.05, 3.63) is 29.3 Å². The molecule has 0 fully saturated rings. The van der Waals surface area contributed by atoms with Crippen LogP contribution in [-0.4, -0.2) is 12.1 Å². The van der Waals surface area contributed by atoms with Crippen molar-refractivity contribution in [2.75, 3.05) is 7.11 Å². The summed E-state index contributed by atoms with van der Waals surface area (Å²) in [4.78, 5) is 0.585. The Labute approximate surface area is 96.4 Å². The van der Waals surface area contributed by atoms with Crippen LogP contribution in [0.15, 0.2) is 18.2 Å². The fourth-order valence-electron chi connectivity index (χ4n) is 1.56. The highest BCUT2D eigenvalue weighted by atomic mass is 32.1. The average molecular weight is 223 g/mol. The van der Waals surface area contributed by atoms with E-state index in [1.807, 2.05) is 6.07 Å². The van der Waals surface area contributed by atoms with Crippen LogP contribution in [0, 0.1) is 6.92 Å². The van der Waals surface area contributed by atoms with Crippen molar-refractivity contribution in [1.82, 2.24) is 0 Å². The quantitative estimate of drug-likeness (QED) is 0.779. The summed E-state index contributed by atoms with van der Waals surface area (Å²) in [6.07, 6.45) is 2.74. The van der Waals surface area contributed by atoms with Crippen molar-refractivity contribution in [3.63, 3.8) is 0 Å². The first-order valence-electron chi connectivity index (χ1n) is 5.05. The third-order valence-corrected chi connectivity index (χ3v) is 2.51. The number of hydrogen-bond acceptors (Lipinski definition) is 2. The van der Waals surface area contributed by atoms with Gasteiger partial charge in [-0.1, -0.05) is 29.9 Å². The Bertz CT molecular complexity index is 349. The zero-order chi connectivity index (χ0) is 11.3. The second-order valence-electron chi connectivity index (χ2n) is 3.64. The third-order valence-electron chi connectivity index (χ3n) is 2.31. The summed E-state index contributed by atoms with van der Waals surface area (Å²) < 4.78 is 5.29. The van der Waals surface area contributed by atoms with Crippen molar-refractivity contribution in [2.24, 2.45) is 5.73 Å². The number of ether oxygens (including phenoxy) is 1. The van der Waals surface area contributed by atoms with Gasteiger partial charge in [-0.15, -0.1) is 0 Å². The maximum Gasteiger partial charge on any atom is 0.122 e. The molecule has 0 aliphatic carbocycles. The maximum atomic E-state index is 5.46. The van der Waals surface area contributed by atoms with Gasteiger partial charge in [0.2, 0.25) is 0 Å². The minimum atomic E-state index is 0.585. The number of aryl methyl sites for hydroxylation is 2. The number of hydrogen-bond donors (Lipinski definition) is 1. The number of nitrogens with two attached hydrogens (primary N) is 1. The molecule has 3 heteroatoms. The van der Waals surface area contributed by atoms with E-state index >= 15 is 0 Å². The normalized spacial score (nSPS) is 10.0. The summed E-state index contributed by atoms with van der Waals surface area (Å²) in [5.74, 6) is 0.948. The zero-order valence-electron chi connectivity index (χ0n) is 9.25. The molecule has 0 aliphatic heterocycles. The van der Waals surface area contributed by atoms with E-state index in [1.165, 1.54) is 11.1 Å². The van der Waals surface area contributed by atoms with Crippen LogP contribution < -0.4 is 10.5 Å². The summed E-state index contributed by atoms with van der Waals surface area (Å²) in [6.45, 7) is 2.08. The van der Waals surface area contributed by atoms with Gasteiger partial charge in [0.1, 0.15) is 5.75 Å². The van der Waals surface area contributed by atoms with E-state index in [-0.39, 0.29) is 0 Å². The molecule has 0 saturated carbocycles. The fraction of sp³-hybridized carbons (Fsp3) is 0.417. The van der Waals surface area contributed by atoms with E-state index < -0.39 is 0 Å².